The molecule has 0 bridgehead atoms. The van der Waals surface area contributed by atoms with E-state index in [1.165, 1.54) is 11.1 Å². The summed E-state index contributed by atoms with van der Waals surface area (Å²) in [5.74, 6) is 5.24. The van der Waals surface area contributed by atoms with E-state index in [9.17, 15) is 13.2 Å². The molecule has 102 valence electrons. The van der Waals surface area contributed by atoms with Crippen molar-refractivity contribution in [2.45, 2.75) is 26.1 Å². The van der Waals surface area contributed by atoms with Crippen molar-refractivity contribution in [1.29, 1.82) is 0 Å². The van der Waals surface area contributed by atoms with Crippen LogP contribution < -0.4 is 11.3 Å². The molecular weight excluding hydrogens is 245 g/mol. The third kappa shape index (κ3) is 5.33. The van der Waals surface area contributed by atoms with E-state index in [2.05, 4.69) is 10.4 Å². The minimum absolute atomic E-state index is 0.156. The second-order valence-electron chi connectivity index (χ2n) is 4.01. The Bertz CT molecular complexity index is 368. The highest BCUT2D eigenvalue weighted by atomic mass is 19.4. The van der Waals surface area contributed by atoms with Crippen molar-refractivity contribution in [2.75, 3.05) is 18.5 Å². The van der Waals surface area contributed by atoms with Gasteiger partial charge < -0.3 is 5.43 Å². The van der Waals surface area contributed by atoms with Gasteiger partial charge in [0.25, 0.3) is 0 Å². The number of hydrogen-bond acceptors (Lipinski definition) is 4. The van der Waals surface area contributed by atoms with Crippen molar-refractivity contribution in [2.24, 2.45) is 5.84 Å². The molecule has 0 unspecified atom stereocenters. The predicted octanol–water partition coefficient (Wildman–Crippen LogP) is 2.14. The Balaban J connectivity index is 2.69. The Morgan fingerprint density at radius 3 is 2.72 bits per heavy atom. The fourth-order valence-corrected chi connectivity index (χ4v) is 1.67. The first-order valence-electron chi connectivity index (χ1n) is 5.65. The van der Waals surface area contributed by atoms with Crippen LogP contribution in [0.2, 0.25) is 0 Å². The van der Waals surface area contributed by atoms with E-state index >= 15 is 0 Å². The van der Waals surface area contributed by atoms with E-state index in [1.54, 1.807) is 12.1 Å². The number of nitrogen functional groups attached to an aromatic ring is 1. The molecule has 0 saturated heterocycles. The monoisotopic (exact) mass is 262 g/mol. The highest BCUT2D eigenvalue weighted by molar-refractivity contribution is 5.41. The van der Waals surface area contributed by atoms with Gasteiger partial charge in [0.15, 0.2) is 0 Å². The van der Waals surface area contributed by atoms with E-state index in [0.717, 1.165) is 0 Å². The maximum absolute atomic E-state index is 12.4. The first-order valence-corrected chi connectivity index (χ1v) is 5.65. The van der Waals surface area contributed by atoms with Crippen LogP contribution in [0.25, 0.3) is 0 Å². The minimum atomic E-state index is -4.20. The number of pyridine rings is 1. The number of nitrogens with zero attached hydrogens (tertiary/aromatic N) is 2. The highest BCUT2D eigenvalue weighted by Gasteiger charge is 2.30. The molecule has 4 nitrogen and oxygen atoms in total. The standard InChI is InChI=1S/C11H17F3N4/c1-2-5-18(8-11(12,13)14)7-10-6-9(17-15)3-4-16-10/h3-4,6H,2,5,7-8,15H2,1H3,(H,16,17). The summed E-state index contributed by atoms with van der Waals surface area (Å²) >= 11 is 0. The molecule has 0 saturated carbocycles. The zero-order chi connectivity index (χ0) is 13.6. The van der Waals surface area contributed by atoms with E-state index in [0.29, 0.717) is 24.3 Å². The van der Waals surface area contributed by atoms with Crippen LogP contribution in [0.5, 0.6) is 0 Å². The number of nitrogens with one attached hydrogen (secondary N) is 1. The van der Waals surface area contributed by atoms with E-state index in [4.69, 9.17) is 5.84 Å². The molecule has 3 N–H and O–H groups in total. The van der Waals surface area contributed by atoms with Gasteiger partial charge in [-0.3, -0.25) is 15.7 Å². The molecule has 1 aromatic rings. The minimum Gasteiger partial charge on any atom is -0.324 e. The van der Waals surface area contributed by atoms with Crippen LogP contribution in [0.15, 0.2) is 18.3 Å². The predicted molar refractivity (Wildman–Crippen MR) is 63.7 cm³/mol. The van der Waals surface area contributed by atoms with E-state index in [1.807, 2.05) is 6.92 Å². The first kappa shape index (κ1) is 14.7. The summed E-state index contributed by atoms with van der Waals surface area (Å²) in [5, 5.41) is 0. The molecule has 1 rings (SSSR count). The van der Waals surface area contributed by atoms with Gasteiger partial charge in [-0.25, -0.2) is 0 Å². The van der Waals surface area contributed by atoms with Gasteiger partial charge in [-0.2, -0.15) is 13.2 Å². The average molecular weight is 262 g/mol. The summed E-state index contributed by atoms with van der Waals surface area (Å²) < 4.78 is 37.1. The molecule has 0 aliphatic heterocycles. The largest absolute Gasteiger partial charge is 0.401 e. The molecule has 1 aromatic heterocycles. The summed E-state index contributed by atoms with van der Waals surface area (Å²) in [6.45, 7) is 1.45. The smallest absolute Gasteiger partial charge is 0.324 e. The van der Waals surface area contributed by atoms with Crippen molar-refractivity contribution >= 4 is 5.69 Å². The van der Waals surface area contributed by atoms with Gasteiger partial charge in [0, 0.05) is 12.7 Å². The molecule has 0 radical (unpaired) electrons. The SMILES string of the molecule is CCCN(Cc1cc(NN)ccn1)CC(F)(F)F. The van der Waals surface area contributed by atoms with E-state index in [-0.39, 0.29) is 6.54 Å². The van der Waals surface area contributed by atoms with Crippen LogP contribution in [-0.4, -0.2) is 29.1 Å². The topological polar surface area (TPSA) is 54.2 Å². The third-order valence-electron chi connectivity index (χ3n) is 2.31. The molecular formula is C11H17F3N4. The number of aromatic nitrogens is 1. The summed E-state index contributed by atoms with van der Waals surface area (Å²) in [7, 11) is 0. The van der Waals surface area contributed by atoms with Gasteiger partial charge in [0.05, 0.1) is 17.9 Å². The first-order chi connectivity index (χ1) is 8.44. The lowest BCUT2D eigenvalue weighted by Gasteiger charge is -2.22. The van der Waals surface area contributed by atoms with Gasteiger partial charge in [0.2, 0.25) is 0 Å². The number of rotatable bonds is 6. The van der Waals surface area contributed by atoms with Gasteiger partial charge in [-0.15, -0.1) is 0 Å². The maximum Gasteiger partial charge on any atom is 0.401 e. The molecule has 0 atom stereocenters. The van der Waals surface area contributed by atoms with Gasteiger partial charge >= 0.3 is 6.18 Å². The number of anilines is 1. The average Bonchev–Trinajstić information content (AvgIpc) is 2.27. The summed E-state index contributed by atoms with van der Waals surface area (Å²) in [5.41, 5.74) is 3.63. The molecule has 0 fully saturated rings. The van der Waals surface area contributed by atoms with Gasteiger partial charge in [-0.1, -0.05) is 6.92 Å². The van der Waals surface area contributed by atoms with Gasteiger partial charge in [0.1, 0.15) is 0 Å². The lowest BCUT2D eigenvalue weighted by Crippen LogP contribution is -2.34. The summed E-state index contributed by atoms with van der Waals surface area (Å²) in [4.78, 5) is 5.36. The van der Waals surface area contributed by atoms with Crippen molar-refractivity contribution in [3.63, 3.8) is 0 Å². The van der Waals surface area contributed by atoms with Crippen LogP contribution in [0.3, 0.4) is 0 Å². The van der Waals surface area contributed by atoms with Crippen LogP contribution in [-0.2, 0) is 6.54 Å². The lowest BCUT2D eigenvalue weighted by molar-refractivity contribution is -0.147. The summed E-state index contributed by atoms with van der Waals surface area (Å²) in [6, 6.07) is 3.29. The Morgan fingerprint density at radius 2 is 2.17 bits per heavy atom. The van der Waals surface area contributed by atoms with Crippen LogP contribution in [0.1, 0.15) is 19.0 Å². The van der Waals surface area contributed by atoms with Crippen LogP contribution >= 0.6 is 0 Å². The molecule has 0 aliphatic rings. The Morgan fingerprint density at radius 1 is 1.44 bits per heavy atom. The normalized spacial score (nSPS) is 11.9. The maximum atomic E-state index is 12.4. The van der Waals surface area contributed by atoms with Crippen molar-refractivity contribution in [1.82, 2.24) is 9.88 Å². The summed E-state index contributed by atoms with van der Waals surface area (Å²) in [6.07, 6.45) is -2.02. The van der Waals surface area contributed by atoms with Crippen molar-refractivity contribution in [3.8, 4) is 0 Å². The molecule has 18 heavy (non-hydrogen) atoms. The number of hydrazine groups is 1. The highest BCUT2D eigenvalue weighted by Crippen LogP contribution is 2.18. The number of hydrogen-bond donors (Lipinski definition) is 2. The fourth-order valence-electron chi connectivity index (χ4n) is 1.67. The third-order valence-corrected chi connectivity index (χ3v) is 2.31. The number of nitrogens with two attached hydrogens (primary N) is 1. The molecule has 0 aliphatic carbocycles. The zero-order valence-electron chi connectivity index (χ0n) is 10.2. The Kier molecular flexibility index (Phi) is 5.36. The van der Waals surface area contributed by atoms with Gasteiger partial charge in [-0.05, 0) is 25.1 Å². The molecule has 0 spiro atoms. The number of alkyl halides is 3. The van der Waals surface area contributed by atoms with Crippen LogP contribution in [0.4, 0.5) is 18.9 Å². The van der Waals surface area contributed by atoms with Crippen LogP contribution in [0, 0.1) is 0 Å². The van der Waals surface area contributed by atoms with Crippen molar-refractivity contribution in [3.05, 3.63) is 24.0 Å². The molecule has 7 heteroatoms. The Labute approximate surface area is 104 Å². The molecule has 0 amide bonds. The van der Waals surface area contributed by atoms with Crippen molar-refractivity contribution < 1.29 is 13.2 Å². The second kappa shape index (κ2) is 6.55. The zero-order valence-corrected chi connectivity index (χ0v) is 10.2. The second-order valence-corrected chi connectivity index (χ2v) is 4.01. The molecule has 0 aromatic carbocycles. The number of halogens is 3. The fraction of sp³-hybridized carbons (Fsp3) is 0.545. The quantitative estimate of drug-likeness (QED) is 0.609. The Hall–Kier alpha value is -1.34. The lowest BCUT2D eigenvalue weighted by atomic mass is 10.3. The molecule has 1 heterocycles. The van der Waals surface area contributed by atoms with E-state index < -0.39 is 12.7 Å².